The predicted octanol–water partition coefficient (Wildman–Crippen LogP) is 6.53. The van der Waals surface area contributed by atoms with Gasteiger partial charge in [-0.05, 0) is 58.3 Å². The van der Waals surface area contributed by atoms with E-state index in [9.17, 15) is 0 Å². The second-order valence-electron chi connectivity index (χ2n) is 5.52. The fourth-order valence-corrected chi connectivity index (χ4v) is 3.24. The van der Waals surface area contributed by atoms with Crippen molar-refractivity contribution < 1.29 is 0 Å². The summed E-state index contributed by atoms with van der Waals surface area (Å²) in [5.41, 5.74) is 2.61. The number of hydrogen-bond donors (Lipinski definition) is 1. The number of benzene rings is 1. The molecule has 0 saturated heterocycles. The minimum Gasteiger partial charge on any atom is -0.291 e. The molecule has 0 aliphatic heterocycles. The second kappa shape index (κ2) is 10.4. The Labute approximate surface area is 172 Å². The summed E-state index contributed by atoms with van der Waals surface area (Å²) in [5, 5.41) is 6.88. The fraction of sp³-hybridized carbons (Fsp3) is 0.333. The number of nitrogens with zero attached hydrogens (tertiary/aromatic N) is 2. The maximum Gasteiger partial charge on any atom is 0.110 e. The van der Waals surface area contributed by atoms with Gasteiger partial charge in [0.2, 0.25) is 0 Å². The van der Waals surface area contributed by atoms with Gasteiger partial charge in [-0.25, -0.2) is 4.99 Å². The molecule has 0 aliphatic rings. The van der Waals surface area contributed by atoms with Crippen LogP contribution in [0.1, 0.15) is 31.7 Å². The first-order valence-corrected chi connectivity index (χ1v) is 9.91. The van der Waals surface area contributed by atoms with Crippen LogP contribution in [-0.4, -0.2) is 16.3 Å². The molecule has 1 aromatic heterocycles. The Morgan fingerprint density at radius 3 is 2.76 bits per heavy atom. The number of rotatable bonds is 8. The summed E-state index contributed by atoms with van der Waals surface area (Å²) in [5.74, 6) is 0. The van der Waals surface area contributed by atoms with E-state index in [0.29, 0.717) is 16.6 Å². The molecule has 1 aromatic carbocycles. The van der Waals surface area contributed by atoms with Gasteiger partial charge in [0.05, 0.1) is 20.9 Å². The van der Waals surface area contributed by atoms with Crippen molar-refractivity contribution in [3.8, 4) is 11.3 Å². The van der Waals surface area contributed by atoms with E-state index in [2.05, 4.69) is 43.3 Å². The highest BCUT2D eigenvalue weighted by Gasteiger charge is 2.15. The molecular weight excluding hydrogens is 441 g/mol. The zero-order valence-corrected chi connectivity index (χ0v) is 17.6. The van der Waals surface area contributed by atoms with Crippen LogP contribution in [0.25, 0.3) is 11.3 Å². The van der Waals surface area contributed by atoms with E-state index < -0.39 is 0 Å². The molecule has 0 amide bonds. The van der Waals surface area contributed by atoms with Crippen LogP contribution in [0.3, 0.4) is 0 Å². The van der Waals surface area contributed by atoms with Gasteiger partial charge in [0.1, 0.15) is 6.17 Å². The molecule has 1 heterocycles. The molecular formula is C18H18BrCl2N3S. The molecule has 2 rings (SSSR count). The average Bonchev–Trinajstić information content (AvgIpc) is 2.61. The third-order valence-corrected chi connectivity index (χ3v) is 5.11. The van der Waals surface area contributed by atoms with Crippen LogP contribution in [0.4, 0.5) is 0 Å². The standard InChI is InChI=1S/C18H18BrCl2N3S/c1-2-3-4-16(24-11-25)23-9-12-5-7-14(20)18(21)17(12)15-8-6-13(19)10-22-15/h5-8,10,16,23H,2-4,9H2,1H3. The second-order valence-corrected chi connectivity index (χ2v) is 7.40. The molecule has 2 aromatic rings. The molecule has 7 heteroatoms. The molecule has 0 aliphatic carbocycles. The van der Waals surface area contributed by atoms with Crippen LogP contribution in [-0.2, 0) is 6.54 Å². The molecule has 0 bridgehead atoms. The highest BCUT2D eigenvalue weighted by Crippen LogP contribution is 2.36. The zero-order valence-electron chi connectivity index (χ0n) is 13.7. The average molecular weight is 459 g/mol. The maximum absolute atomic E-state index is 6.47. The number of isothiocyanates is 1. The summed E-state index contributed by atoms with van der Waals surface area (Å²) >= 11 is 20.8. The van der Waals surface area contributed by atoms with Crippen LogP contribution in [0.15, 0.2) is 39.9 Å². The quantitative estimate of drug-likeness (QED) is 0.361. The Bertz CT molecular complexity index is 762. The van der Waals surface area contributed by atoms with Gasteiger partial charge in [-0.1, -0.05) is 49.0 Å². The Hall–Kier alpha value is -0.810. The molecule has 0 fully saturated rings. The van der Waals surface area contributed by atoms with Crippen molar-refractivity contribution in [2.75, 3.05) is 0 Å². The van der Waals surface area contributed by atoms with Crippen LogP contribution in [0.5, 0.6) is 0 Å². The van der Waals surface area contributed by atoms with Crippen molar-refractivity contribution in [3.05, 3.63) is 50.5 Å². The molecule has 0 radical (unpaired) electrons. The third kappa shape index (κ3) is 5.85. The highest BCUT2D eigenvalue weighted by atomic mass is 79.9. The van der Waals surface area contributed by atoms with Gasteiger partial charge >= 0.3 is 0 Å². The lowest BCUT2D eigenvalue weighted by molar-refractivity contribution is 0.481. The minimum atomic E-state index is -0.0577. The summed E-state index contributed by atoms with van der Waals surface area (Å²) in [6.07, 6.45) is 4.77. The van der Waals surface area contributed by atoms with Crippen molar-refractivity contribution in [1.82, 2.24) is 10.3 Å². The third-order valence-electron chi connectivity index (χ3n) is 3.73. The normalized spacial score (nSPS) is 11.8. The van der Waals surface area contributed by atoms with Crippen LogP contribution < -0.4 is 5.32 Å². The van der Waals surface area contributed by atoms with Crippen LogP contribution >= 0.6 is 51.3 Å². The highest BCUT2D eigenvalue weighted by molar-refractivity contribution is 9.10. The van der Waals surface area contributed by atoms with Gasteiger partial charge < -0.3 is 0 Å². The number of unbranched alkanes of at least 4 members (excludes halogenated alkanes) is 1. The lowest BCUT2D eigenvalue weighted by Gasteiger charge is -2.16. The van der Waals surface area contributed by atoms with E-state index in [1.807, 2.05) is 18.2 Å². The number of nitrogens with one attached hydrogen (secondary N) is 1. The first-order chi connectivity index (χ1) is 12.1. The molecule has 0 spiro atoms. The van der Waals surface area contributed by atoms with Crippen LogP contribution in [0, 0.1) is 0 Å². The van der Waals surface area contributed by atoms with Gasteiger partial charge in [0, 0.05) is 22.8 Å². The molecule has 25 heavy (non-hydrogen) atoms. The van der Waals surface area contributed by atoms with Gasteiger partial charge in [0.15, 0.2) is 0 Å². The molecule has 1 N–H and O–H groups in total. The Morgan fingerprint density at radius 1 is 1.32 bits per heavy atom. The monoisotopic (exact) mass is 457 g/mol. The van der Waals surface area contributed by atoms with Crippen LogP contribution in [0.2, 0.25) is 10.0 Å². The lowest BCUT2D eigenvalue weighted by atomic mass is 10.0. The van der Waals surface area contributed by atoms with Crippen molar-refractivity contribution >= 4 is 56.5 Å². The minimum absolute atomic E-state index is 0.0577. The lowest BCUT2D eigenvalue weighted by Crippen LogP contribution is -2.26. The summed E-state index contributed by atoms with van der Waals surface area (Å²) < 4.78 is 0.907. The van der Waals surface area contributed by atoms with Gasteiger partial charge in [-0.3, -0.25) is 10.3 Å². The molecule has 0 saturated carbocycles. The summed E-state index contributed by atoms with van der Waals surface area (Å²) in [6.45, 7) is 2.73. The van der Waals surface area contributed by atoms with E-state index in [1.165, 1.54) is 0 Å². The van der Waals surface area contributed by atoms with E-state index in [4.69, 9.17) is 35.4 Å². The number of pyridine rings is 1. The first kappa shape index (κ1) is 20.5. The van der Waals surface area contributed by atoms with Gasteiger partial charge in [-0.15, -0.1) is 0 Å². The Morgan fingerprint density at radius 2 is 2.12 bits per heavy atom. The number of halogens is 3. The first-order valence-electron chi connectivity index (χ1n) is 7.96. The number of aliphatic imine (C=N–C) groups is 1. The Kier molecular flexibility index (Phi) is 8.50. The number of hydrogen-bond acceptors (Lipinski definition) is 4. The summed E-state index contributed by atoms with van der Waals surface area (Å²) in [6, 6.07) is 7.59. The van der Waals surface area contributed by atoms with Gasteiger partial charge in [-0.2, -0.15) is 0 Å². The molecule has 1 atom stereocenters. The summed E-state index contributed by atoms with van der Waals surface area (Å²) in [7, 11) is 0. The zero-order chi connectivity index (χ0) is 18.2. The van der Waals surface area contributed by atoms with E-state index >= 15 is 0 Å². The van der Waals surface area contributed by atoms with Crippen molar-refractivity contribution in [3.63, 3.8) is 0 Å². The van der Waals surface area contributed by atoms with Crippen molar-refractivity contribution in [2.45, 2.75) is 38.9 Å². The summed E-state index contributed by atoms with van der Waals surface area (Å²) in [4.78, 5) is 8.66. The molecule has 1 unspecified atom stereocenters. The smallest absolute Gasteiger partial charge is 0.110 e. The predicted molar refractivity (Wildman–Crippen MR) is 113 cm³/mol. The number of aromatic nitrogens is 1. The van der Waals surface area contributed by atoms with E-state index in [0.717, 1.165) is 40.6 Å². The largest absolute Gasteiger partial charge is 0.291 e. The van der Waals surface area contributed by atoms with E-state index in [1.54, 1.807) is 12.3 Å². The fourth-order valence-electron chi connectivity index (χ4n) is 2.44. The van der Waals surface area contributed by atoms with Crippen molar-refractivity contribution in [2.24, 2.45) is 4.99 Å². The number of thiocarbonyl (C=S) groups is 1. The molecule has 132 valence electrons. The molecule has 3 nitrogen and oxygen atoms in total. The topological polar surface area (TPSA) is 37.3 Å². The van der Waals surface area contributed by atoms with Crippen molar-refractivity contribution in [1.29, 1.82) is 0 Å². The maximum atomic E-state index is 6.47. The van der Waals surface area contributed by atoms with E-state index in [-0.39, 0.29) is 6.17 Å². The SMILES string of the molecule is CCCCC(N=C=S)NCc1ccc(Cl)c(Cl)c1-c1ccc(Br)cn1. The Balaban J connectivity index is 2.29. The van der Waals surface area contributed by atoms with Gasteiger partial charge in [0.25, 0.3) is 0 Å².